The molecule has 0 heterocycles. The molecule has 0 unspecified atom stereocenters. The van der Waals surface area contributed by atoms with E-state index in [9.17, 15) is 27.6 Å². The van der Waals surface area contributed by atoms with Gasteiger partial charge in [-0.3, -0.25) is 14.4 Å². The van der Waals surface area contributed by atoms with Crippen molar-refractivity contribution in [2.75, 3.05) is 11.9 Å². The molecule has 2 saturated carbocycles. The first-order valence-corrected chi connectivity index (χ1v) is 15.3. The fourth-order valence-corrected chi connectivity index (χ4v) is 5.40. The van der Waals surface area contributed by atoms with Crippen molar-refractivity contribution in [3.8, 4) is 5.75 Å². The van der Waals surface area contributed by atoms with Crippen molar-refractivity contribution in [3.63, 3.8) is 0 Å². The number of benzene rings is 2. The van der Waals surface area contributed by atoms with Crippen LogP contribution in [-0.2, 0) is 11.3 Å². The third-order valence-electron chi connectivity index (χ3n) is 8.21. The van der Waals surface area contributed by atoms with Gasteiger partial charge in [-0.2, -0.15) is 13.2 Å². The number of alkyl halides is 3. The van der Waals surface area contributed by atoms with Crippen LogP contribution in [0.3, 0.4) is 0 Å². The van der Waals surface area contributed by atoms with Crippen LogP contribution < -0.4 is 15.4 Å². The van der Waals surface area contributed by atoms with Crippen molar-refractivity contribution in [1.82, 2.24) is 5.32 Å². The molecular formula is C33H40ClF3N2O4. The van der Waals surface area contributed by atoms with Crippen LogP contribution in [0, 0.1) is 23.2 Å². The molecule has 2 aliphatic carbocycles. The van der Waals surface area contributed by atoms with Gasteiger partial charge in [-0.05, 0) is 92.7 Å². The molecule has 2 fully saturated rings. The van der Waals surface area contributed by atoms with Crippen LogP contribution in [0.4, 0.5) is 18.9 Å². The lowest BCUT2D eigenvalue weighted by Crippen LogP contribution is -2.34. The van der Waals surface area contributed by atoms with Crippen LogP contribution >= 0.6 is 11.6 Å². The number of nitrogens with one attached hydrogen (secondary N) is 2. The van der Waals surface area contributed by atoms with E-state index in [0.717, 1.165) is 12.8 Å². The maximum Gasteiger partial charge on any atom is 0.391 e. The third kappa shape index (κ3) is 9.46. The van der Waals surface area contributed by atoms with Gasteiger partial charge >= 0.3 is 6.18 Å². The van der Waals surface area contributed by atoms with E-state index in [0.29, 0.717) is 54.4 Å². The van der Waals surface area contributed by atoms with Crippen molar-refractivity contribution in [1.29, 1.82) is 0 Å². The largest absolute Gasteiger partial charge is 0.493 e. The lowest BCUT2D eigenvalue weighted by molar-refractivity contribution is -0.184. The fraction of sp³-hybridized carbons (Fsp3) is 0.545. The Bertz CT molecular complexity index is 1330. The number of rotatable bonds is 11. The molecule has 0 atom stereocenters. The van der Waals surface area contributed by atoms with E-state index < -0.39 is 23.4 Å². The van der Waals surface area contributed by atoms with E-state index in [4.69, 9.17) is 16.3 Å². The summed E-state index contributed by atoms with van der Waals surface area (Å²) in [6, 6.07) is 9.87. The number of carbonyl (C=O) groups is 3. The number of anilines is 1. The van der Waals surface area contributed by atoms with Gasteiger partial charge in [0.15, 0.2) is 5.78 Å². The van der Waals surface area contributed by atoms with Gasteiger partial charge < -0.3 is 15.4 Å². The molecule has 10 heteroatoms. The van der Waals surface area contributed by atoms with Crippen LogP contribution in [0.1, 0.15) is 98.4 Å². The summed E-state index contributed by atoms with van der Waals surface area (Å²) >= 11 is 6.34. The molecule has 0 radical (unpaired) electrons. The Kier molecular flexibility index (Phi) is 10.5. The molecule has 2 N–H and O–H groups in total. The Hall–Kier alpha value is -3.07. The lowest BCUT2D eigenvalue weighted by Gasteiger charge is -2.29. The van der Waals surface area contributed by atoms with E-state index in [1.54, 1.807) is 36.4 Å². The molecule has 234 valence electrons. The van der Waals surface area contributed by atoms with E-state index >= 15 is 0 Å². The summed E-state index contributed by atoms with van der Waals surface area (Å²) in [7, 11) is 0. The topological polar surface area (TPSA) is 84.5 Å². The predicted molar refractivity (Wildman–Crippen MR) is 160 cm³/mol. The minimum atomic E-state index is -4.16. The Morgan fingerprint density at radius 1 is 0.907 bits per heavy atom. The second kappa shape index (κ2) is 13.7. The van der Waals surface area contributed by atoms with Gasteiger partial charge in [0.2, 0.25) is 5.91 Å². The molecule has 0 spiro atoms. The number of hydrogen-bond acceptors (Lipinski definition) is 4. The smallest absolute Gasteiger partial charge is 0.391 e. The molecule has 0 aliphatic heterocycles. The van der Waals surface area contributed by atoms with E-state index in [2.05, 4.69) is 10.6 Å². The van der Waals surface area contributed by atoms with Gasteiger partial charge in [0.1, 0.15) is 5.75 Å². The van der Waals surface area contributed by atoms with Gasteiger partial charge in [-0.1, -0.05) is 38.4 Å². The highest BCUT2D eigenvalue weighted by atomic mass is 35.5. The van der Waals surface area contributed by atoms with Crippen LogP contribution in [0.25, 0.3) is 0 Å². The zero-order valence-electron chi connectivity index (χ0n) is 24.9. The van der Waals surface area contributed by atoms with Crippen LogP contribution in [-0.4, -0.2) is 30.4 Å². The number of ketones is 1. The second-order valence-corrected chi connectivity index (χ2v) is 13.3. The molecule has 2 aromatic rings. The third-order valence-corrected chi connectivity index (χ3v) is 8.54. The first kappa shape index (κ1) is 32.8. The summed E-state index contributed by atoms with van der Waals surface area (Å²) in [4.78, 5) is 38.8. The maximum absolute atomic E-state index is 13.4. The monoisotopic (exact) mass is 620 g/mol. The van der Waals surface area contributed by atoms with Crippen molar-refractivity contribution >= 4 is 34.9 Å². The average molecular weight is 621 g/mol. The van der Waals surface area contributed by atoms with E-state index in [1.807, 2.05) is 20.8 Å². The summed E-state index contributed by atoms with van der Waals surface area (Å²) < 4.78 is 45.1. The van der Waals surface area contributed by atoms with Crippen LogP contribution in [0.2, 0.25) is 5.02 Å². The van der Waals surface area contributed by atoms with E-state index in [1.165, 1.54) is 0 Å². The first-order valence-electron chi connectivity index (χ1n) is 15.0. The van der Waals surface area contributed by atoms with Gasteiger partial charge in [0, 0.05) is 24.1 Å². The Morgan fingerprint density at radius 3 is 2.21 bits per heavy atom. The quantitative estimate of drug-likeness (QED) is 0.247. The Labute approximate surface area is 256 Å². The molecule has 43 heavy (non-hydrogen) atoms. The highest BCUT2D eigenvalue weighted by Gasteiger charge is 2.41. The molecule has 0 bridgehead atoms. The molecular weight excluding hydrogens is 581 g/mol. The summed E-state index contributed by atoms with van der Waals surface area (Å²) in [5, 5.41) is 5.91. The molecule has 2 amide bonds. The number of amides is 2. The Morgan fingerprint density at radius 2 is 1.58 bits per heavy atom. The Balaban J connectivity index is 1.43. The van der Waals surface area contributed by atoms with Crippen molar-refractivity contribution in [3.05, 3.63) is 58.1 Å². The first-order chi connectivity index (χ1) is 20.2. The molecule has 4 rings (SSSR count). The lowest BCUT2D eigenvalue weighted by atomic mass is 9.79. The zero-order chi connectivity index (χ0) is 31.4. The fourth-order valence-electron chi connectivity index (χ4n) is 5.19. The molecule has 2 aromatic carbocycles. The summed E-state index contributed by atoms with van der Waals surface area (Å²) in [5.41, 5.74) is 1.10. The van der Waals surface area contributed by atoms with Gasteiger partial charge in [0.05, 0.1) is 28.7 Å². The van der Waals surface area contributed by atoms with Gasteiger partial charge in [-0.15, -0.1) is 0 Å². The molecule has 6 nitrogen and oxygen atoms in total. The minimum Gasteiger partial charge on any atom is -0.493 e. The van der Waals surface area contributed by atoms with Crippen molar-refractivity contribution in [2.45, 2.75) is 84.9 Å². The molecule has 0 saturated heterocycles. The van der Waals surface area contributed by atoms with E-state index in [-0.39, 0.29) is 54.0 Å². The highest BCUT2D eigenvalue weighted by molar-refractivity contribution is 6.34. The number of hydrogen-bond donors (Lipinski definition) is 2. The normalized spacial score (nSPS) is 19.0. The van der Waals surface area contributed by atoms with Gasteiger partial charge in [-0.25, -0.2) is 0 Å². The second-order valence-electron chi connectivity index (χ2n) is 12.9. The number of ether oxygens (including phenoxy) is 1. The zero-order valence-corrected chi connectivity index (χ0v) is 25.7. The molecule has 0 aromatic heterocycles. The summed E-state index contributed by atoms with van der Waals surface area (Å²) in [5.74, 6) is -1.04. The standard InChI is InChI=1S/C33H40ClF3N2O4/c1-32(2,3)31(42)38-18-22-8-13-27(34)25(16-22)30(41)39-24-12-15-29(43-19-21-4-5-21)26(17-24)28(40)14-9-20-6-10-23(11-7-20)33(35,36)37/h8,12-13,15-17,20-21,23H,4-7,9-11,14,18-19H2,1-3H3,(H,38,42)(H,39,41). The minimum absolute atomic E-state index is 0.0730. The SMILES string of the molecule is CC(C)(C)C(=O)NCc1ccc(Cl)c(C(=O)Nc2ccc(OCC3CC3)c(C(=O)CCC3CCC(C(F)(F)F)CC3)c2)c1. The molecule has 2 aliphatic rings. The average Bonchev–Trinajstić information content (AvgIpc) is 3.78. The number of carbonyl (C=O) groups excluding carboxylic acids is 3. The van der Waals surface area contributed by atoms with Crippen LogP contribution in [0.15, 0.2) is 36.4 Å². The maximum atomic E-state index is 13.4. The number of Topliss-reactive ketones (excluding diaryl/α,β-unsaturated/α-hetero) is 1. The van der Waals surface area contributed by atoms with Crippen molar-refractivity contribution < 1.29 is 32.3 Å². The van der Waals surface area contributed by atoms with Gasteiger partial charge in [0.25, 0.3) is 5.91 Å². The van der Waals surface area contributed by atoms with Crippen LogP contribution in [0.5, 0.6) is 5.75 Å². The summed E-state index contributed by atoms with van der Waals surface area (Å²) in [6.45, 7) is 6.17. The summed E-state index contributed by atoms with van der Waals surface area (Å²) in [6.07, 6.45) is -0.180. The number of halogens is 4. The highest BCUT2D eigenvalue weighted by Crippen LogP contribution is 2.41. The van der Waals surface area contributed by atoms with Crippen molar-refractivity contribution in [2.24, 2.45) is 23.2 Å². The predicted octanol–water partition coefficient (Wildman–Crippen LogP) is 8.38.